The number of benzene rings is 1. The molecule has 1 saturated carbocycles. The minimum absolute atomic E-state index is 0.101. The highest BCUT2D eigenvalue weighted by molar-refractivity contribution is 6.35. The van der Waals surface area contributed by atoms with Crippen LogP contribution in [0.1, 0.15) is 65.2 Å². The molecule has 1 aromatic rings. The van der Waals surface area contributed by atoms with Crippen molar-refractivity contribution >= 4 is 40.9 Å². The maximum Gasteiger partial charge on any atom is 0.261 e. The van der Waals surface area contributed by atoms with Crippen LogP contribution in [0, 0.1) is 22.7 Å². The number of amides is 3. The number of nitriles is 1. The molecule has 3 aliphatic rings. The molecule has 2 saturated heterocycles. The van der Waals surface area contributed by atoms with Crippen LogP contribution in [0.25, 0.3) is 0 Å². The molecule has 3 atom stereocenters. The van der Waals surface area contributed by atoms with Crippen molar-refractivity contribution in [1.82, 2.24) is 15.5 Å². The summed E-state index contributed by atoms with van der Waals surface area (Å²) >= 11 is 12.1. The molecule has 0 unspecified atom stereocenters. The monoisotopic (exact) mass is 548 g/mol. The van der Waals surface area contributed by atoms with Crippen LogP contribution in [0.5, 0.6) is 5.75 Å². The quantitative estimate of drug-likeness (QED) is 0.529. The van der Waals surface area contributed by atoms with Crippen molar-refractivity contribution in [3.05, 3.63) is 28.2 Å². The zero-order valence-electron chi connectivity index (χ0n) is 21.3. The van der Waals surface area contributed by atoms with Gasteiger partial charge in [-0.3, -0.25) is 14.4 Å². The maximum absolute atomic E-state index is 13.5. The van der Waals surface area contributed by atoms with E-state index in [-0.39, 0.29) is 47.6 Å². The highest BCUT2D eigenvalue weighted by atomic mass is 35.5. The van der Waals surface area contributed by atoms with E-state index in [1.165, 1.54) is 0 Å². The molecule has 1 aromatic carbocycles. The zero-order chi connectivity index (χ0) is 26.8. The standard InChI is InChI=1S/C27H34Cl2N4O4/c1-26(2)12-17(24(35)32-26)10-19(14-30)31-25(36)21-13-27(8-4-3-5-9-27)16-33(21)23(34)15-37-22-7-6-18(28)11-20(22)29/h6-7,11,17,19,21H,3-5,8-10,12-13,15-16H2,1-2H3,(H,31,36)(H,32,35)/t17-,19+,21+/m1/s1. The van der Waals surface area contributed by atoms with Crippen LogP contribution in [0.3, 0.4) is 0 Å². The van der Waals surface area contributed by atoms with Gasteiger partial charge < -0.3 is 20.3 Å². The summed E-state index contributed by atoms with van der Waals surface area (Å²) in [5, 5.41) is 16.3. The van der Waals surface area contributed by atoms with Crippen LogP contribution in [-0.2, 0) is 14.4 Å². The van der Waals surface area contributed by atoms with Crippen molar-refractivity contribution in [1.29, 1.82) is 5.26 Å². The molecule has 37 heavy (non-hydrogen) atoms. The fourth-order valence-electron chi connectivity index (χ4n) is 6.11. The minimum atomic E-state index is -0.818. The molecule has 0 aromatic heterocycles. The molecule has 0 radical (unpaired) electrons. The predicted octanol–water partition coefficient (Wildman–Crippen LogP) is 4.24. The van der Waals surface area contributed by atoms with Gasteiger partial charge in [-0.05, 0) is 69.6 Å². The third kappa shape index (κ3) is 6.50. The summed E-state index contributed by atoms with van der Waals surface area (Å²) in [6, 6.07) is 5.40. The first-order valence-corrected chi connectivity index (χ1v) is 13.7. The smallest absolute Gasteiger partial charge is 0.261 e. The van der Waals surface area contributed by atoms with Crippen LogP contribution in [0.15, 0.2) is 18.2 Å². The van der Waals surface area contributed by atoms with Crippen LogP contribution < -0.4 is 15.4 Å². The summed E-state index contributed by atoms with van der Waals surface area (Å²) in [6.07, 6.45) is 6.61. The van der Waals surface area contributed by atoms with E-state index in [1.54, 1.807) is 23.1 Å². The van der Waals surface area contributed by atoms with Crippen molar-refractivity contribution < 1.29 is 19.1 Å². The number of carbonyl (C=O) groups is 3. The summed E-state index contributed by atoms with van der Waals surface area (Å²) in [7, 11) is 0. The lowest BCUT2D eigenvalue weighted by Gasteiger charge is -2.33. The second-order valence-corrected chi connectivity index (χ2v) is 12.2. The topological polar surface area (TPSA) is 112 Å². The Morgan fingerprint density at radius 1 is 1.24 bits per heavy atom. The van der Waals surface area contributed by atoms with Crippen LogP contribution in [0.2, 0.25) is 10.0 Å². The fraction of sp³-hybridized carbons (Fsp3) is 0.630. The number of nitrogens with zero attached hydrogens (tertiary/aromatic N) is 2. The summed E-state index contributed by atoms with van der Waals surface area (Å²) in [6.45, 7) is 4.10. The van der Waals surface area contributed by atoms with Gasteiger partial charge in [0.2, 0.25) is 11.8 Å². The number of ether oxygens (including phenoxy) is 1. The van der Waals surface area contributed by atoms with Crippen molar-refractivity contribution in [2.75, 3.05) is 13.2 Å². The molecule has 200 valence electrons. The van der Waals surface area contributed by atoms with Gasteiger partial charge in [-0.15, -0.1) is 0 Å². The number of likely N-dealkylation sites (tertiary alicyclic amines) is 1. The zero-order valence-corrected chi connectivity index (χ0v) is 22.8. The van der Waals surface area contributed by atoms with Crippen LogP contribution in [-0.4, -0.2) is 53.4 Å². The van der Waals surface area contributed by atoms with E-state index in [0.29, 0.717) is 35.2 Å². The molecule has 4 rings (SSSR count). The number of halogens is 2. The van der Waals surface area contributed by atoms with E-state index < -0.39 is 12.1 Å². The van der Waals surface area contributed by atoms with E-state index >= 15 is 0 Å². The number of rotatable bonds is 7. The number of nitrogens with one attached hydrogen (secondary N) is 2. The van der Waals surface area contributed by atoms with Gasteiger partial charge in [0.1, 0.15) is 17.8 Å². The highest BCUT2D eigenvalue weighted by Gasteiger charge is 2.49. The number of carbonyl (C=O) groups excluding carboxylic acids is 3. The minimum Gasteiger partial charge on any atom is -0.482 e. The molecule has 10 heteroatoms. The molecule has 2 heterocycles. The van der Waals surface area contributed by atoms with Crippen molar-refractivity contribution in [2.24, 2.45) is 11.3 Å². The molecular formula is C27H34Cl2N4O4. The molecular weight excluding hydrogens is 515 g/mol. The first-order valence-electron chi connectivity index (χ1n) is 12.9. The average molecular weight is 549 g/mol. The van der Waals surface area contributed by atoms with Crippen molar-refractivity contribution in [3.8, 4) is 11.8 Å². The molecule has 2 N–H and O–H groups in total. The predicted molar refractivity (Wildman–Crippen MR) is 140 cm³/mol. The Bertz CT molecular complexity index is 1100. The summed E-state index contributed by atoms with van der Waals surface area (Å²) in [4.78, 5) is 40.7. The third-order valence-electron chi connectivity index (χ3n) is 7.87. The average Bonchev–Trinajstić information content (AvgIpc) is 3.33. The summed E-state index contributed by atoms with van der Waals surface area (Å²) < 4.78 is 5.68. The normalized spacial score (nSPS) is 24.8. The molecule has 0 bridgehead atoms. The summed E-state index contributed by atoms with van der Waals surface area (Å²) in [5.41, 5.74) is -0.438. The summed E-state index contributed by atoms with van der Waals surface area (Å²) in [5.74, 6) is -0.766. The Balaban J connectivity index is 1.45. The van der Waals surface area contributed by atoms with E-state index in [0.717, 1.165) is 32.1 Å². The van der Waals surface area contributed by atoms with Crippen LogP contribution >= 0.6 is 23.2 Å². The lowest BCUT2D eigenvalue weighted by molar-refractivity contribution is -0.140. The van der Waals surface area contributed by atoms with Crippen molar-refractivity contribution in [2.45, 2.75) is 82.8 Å². The number of hydrogen-bond donors (Lipinski definition) is 2. The van der Waals surface area contributed by atoms with Gasteiger partial charge in [-0.25, -0.2) is 0 Å². The molecule has 8 nitrogen and oxygen atoms in total. The highest BCUT2D eigenvalue weighted by Crippen LogP contribution is 2.46. The first kappa shape index (κ1) is 27.5. The third-order valence-corrected chi connectivity index (χ3v) is 8.40. The fourth-order valence-corrected chi connectivity index (χ4v) is 6.58. The maximum atomic E-state index is 13.5. The Morgan fingerprint density at radius 2 is 1.97 bits per heavy atom. The Morgan fingerprint density at radius 3 is 2.59 bits per heavy atom. The van der Waals surface area contributed by atoms with Gasteiger partial charge in [0.25, 0.3) is 5.91 Å². The molecule has 2 aliphatic heterocycles. The Hall–Kier alpha value is -2.50. The van der Waals surface area contributed by atoms with Gasteiger partial charge >= 0.3 is 0 Å². The Labute approximate surface area is 228 Å². The van der Waals surface area contributed by atoms with Gasteiger partial charge in [0, 0.05) is 23.0 Å². The molecule has 1 aliphatic carbocycles. The second-order valence-electron chi connectivity index (χ2n) is 11.4. The second kappa shape index (κ2) is 11.1. The SMILES string of the molecule is CC1(C)C[C@@H](C[C@@H](C#N)NC(=O)[C@@H]2CC3(CCCCC3)CN2C(=O)COc2ccc(Cl)cc2Cl)C(=O)N1. The van der Waals surface area contributed by atoms with Gasteiger partial charge in [-0.2, -0.15) is 5.26 Å². The van der Waals surface area contributed by atoms with Crippen LogP contribution in [0.4, 0.5) is 0 Å². The molecule has 3 amide bonds. The number of hydrogen-bond acceptors (Lipinski definition) is 5. The molecule has 1 spiro atoms. The Kier molecular flexibility index (Phi) is 8.25. The van der Waals surface area contributed by atoms with Gasteiger partial charge in [0.15, 0.2) is 6.61 Å². The van der Waals surface area contributed by atoms with E-state index in [4.69, 9.17) is 27.9 Å². The first-order chi connectivity index (χ1) is 17.5. The van der Waals surface area contributed by atoms with Gasteiger partial charge in [-0.1, -0.05) is 42.5 Å². The largest absolute Gasteiger partial charge is 0.482 e. The van der Waals surface area contributed by atoms with Crippen molar-refractivity contribution in [3.63, 3.8) is 0 Å². The lowest BCUT2D eigenvalue weighted by atomic mass is 9.72. The lowest BCUT2D eigenvalue weighted by Crippen LogP contribution is -2.50. The van der Waals surface area contributed by atoms with E-state index in [2.05, 4.69) is 16.7 Å². The van der Waals surface area contributed by atoms with E-state index in [1.807, 2.05) is 13.8 Å². The molecule has 3 fully saturated rings. The van der Waals surface area contributed by atoms with Gasteiger partial charge in [0.05, 0.1) is 11.1 Å². The van der Waals surface area contributed by atoms with E-state index in [9.17, 15) is 19.6 Å².